The van der Waals surface area contributed by atoms with Gasteiger partial charge >= 0.3 is 0 Å². The Morgan fingerprint density at radius 1 is 1.33 bits per heavy atom. The number of aliphatic hydroxyl groups excluding tert-OH is 1. The highest BCUT2D eigenvalue weighted by atomic mass is 16.5. The number of aliphatic hydroxyl groups is 1. The molecule has 0 bridgehead atoms. The van der Waals surface area contributed by atoms with Gasteiger partial charge in [0, 0.05) is 0 Å². The first-order valence-corrected chi connectivity index (χ1v) is 6.89. The molecule has 0 radical (unpaired) electrons. The van der Waals surface area contributed by atoms with Gasteiger partial charge in [-0.25, -0.2) is 0 Å². The Morgan fingerprint density at radius 3 is 2.86 bits per heavy atom. The van der Waals surface area contributed by atoms with Crippen molar-refractivity contribution < 1.29 is 19.1 Å². The number of rotatable bonds is 7. The minimum absolute atomic E-state index is 0.0815. The molecule has 1 aromatic heterocycles. The molecule has 2 aromatic rings. The van der Waals surface area contributed by atoms with Crippen molar-refractivity contribution in [3.05, 3.63) is 54.0 Å². The molecular weight excluding hydrogens is 270 g/mol. The predicted molar refractivity (Wildman–Crippen MR) is 78.0 cm³/mol. The zero-order chi connectivity index (χ0) is 15.1. The van der Waals surface area contributed by atoms with Crippen LogP contribution in [0, 0.1) is 0 Å². The molecule has 5 heteroatoms. The van der Waals surface area contributed by atoms with Gasteiger partial charge in [-0.1, -0.05) is 25.1 Å². The van der Waals surface area contributed by atoms with Crippen LogP contribution in [-0.4, -0.2) is 24.2 Å². The average Bonchev–Trinajstić information content (AvgIpc) is 3.05. The quantitative estimate of drug-likeness (QED) is 0.818. The molecule has 1 atom stereocenters. The number of carbonyl (C=O) groups is 1. The van der Waals surface area contributed by atoms with Crippen LogP contribution in [0.3, 0.4) is 0 Å². The van der Waals surface area contributed by atoms with E-state index in [0.717, 1.165) is 12.0 Å². The van der Waals surface area contributed by atoms with Gasteiger partial charge in [-0.15, -0.1) is 0 Å². The van der Waals surface area contributed by atoms with Crippen LogP contribution in [0.15, 0.2) is 47.1 Å². The molecule has 5 nitrogen and oxygen atoms in total. The summed E-state index contributed by atoms with van der Waals surface area (Å²) in [6, 6.07) is 11.0. The third-order valence-corrected chi connectivity index (χ3v) is 3.08. The number of para-hydroxylation sites is 1. The Bertz CT molecular complexity index is 565. The Hall–Kier alpha value is -2.27. The van der Waals surface area contributed by atoms with Gasteiger partial charge in [0.2, 0.25) is 0 Å². The van der Waals surface area contributed by atoms with Gasteiger partial charge in [0.05, 0.1) is 12.8 Å². The molecule has 0 aliphatic carbocycles. The zero-order valence-corrected chi connectivity index (χ0v) is 11.9. The molecule has 0 saturated heterocycles. The highest BCUT2D eigenvalue weighted by Gasteiger charge is 2.12. The third-order valence-electron chi connectivity index (χ3n) is 3.08. The van der Waals surface area contributed by atoms with Gasteiger partial charge in [0.1, 0.15) is 17.6 Å². The summed E-state index contributed by atoms with van der Waals surface area (Å²) in [6.45, 7) is 2.04. The number of hydrogen-bond donors (Lipinski definition) is 2. The number of aryl methyl sites for hydroxylation is 1. The van der Waals surface area contributed by atoms with Crippen LogP contribution in [0.25, 0.3) is 0 Å². The summed E-state index contributed by atoms with van der Waals surface area (Å²) in [5.74, 6) is 0.848. The molecule has 0 aliphatic rings. The van der Waals surface area contributed by atoms with Crippen molar-refractivity contribution in [1.82, 2.24) is 5.32 Å². The predicted octanol–water partition coefficient (Wildman–Crippen LogP) is 2.07. The minimum Gasteiger partial charge on any atom is -0.483 e. The van der Waals surface area contributed by atoms with Gasteiger partial charge in [-0.05, 0) is 30.2 Å². The molecule has 1 heterocycles. The lowest BCUT2D eigenvalue weighted by atomic mass is 10.1. The molecular formula is C16H19NO4. The van der Waals surface area contributed by atoms with Crippen LogP contribution in [-0.2, 0) is 11.2 Å². The maximum absolute atomic E-state index is 11.7. The van der Waals surface area contributed by atoms with Gasteiger partial charge < -0.3 is 19.6 Å². The number of benzene rings is 1. The van der Waals surface area contributed by atoms with E-state index >= 15 is 0 Å². The second-order valence-corrected chi connectivity index (χ2v) is 4.59. The van der Waals surface area contributed by atoms with Crippen molar-refractivity contribution >= 4 is 5.91 Å². The molecule has 0 spiro atoms. The number of carbonyl (C=O) groups excluding carboxylic acids is 1. The van der Waals surface area contributed by atoms with E-state index in [0.29, 0.717) is 11.5 Å². The molecule has 1 unspecified atom stereocenters. The largest absolute Gasteiger partial charge is 0.483 e. The van der Waals surface area contributed by atoms with E-state index in [1.807, 2.05) is 31.2 Å². The van der Waals surface area contributed by atoms with Crippen molar-refractivity contribution in [2.45, 2.75) is 19.4 Å². The first-order valence-electron chi connectivity index (χ1n) is 6.89. The Labute approximate surface area is 123 Å². The minimum atomic E-state index is -0.855. The van der Waals surface area contributed by atoms with E-state index in [9.17, 15) is 9.90 Å². The van der Waals surface area contributed by atoms with Crippen molar-refractivity contribution in [2.24, 2.45) is 0 Å². The molecule has 112 valence electrons. The Kier molecular flexibility index (Phi) is 5.40. The van der Waals surface area contributed by atoms with Crippen LogP contribution in [0.1, 0.15) is 24.4 Å². The summed E-state index contributed by atoms with van der Waals surface area (Å²) in [6.07, 6.45) is 1.46. The van der Waals surface area contributed by atoms with Gasteiger partial charge in [0.25, 0.3) is 5.91 Å². The summed E-state index contributed by atoms with van der Waals surface area (Å²) >= 11 is 0. The second-order valence-electron chi connectivity index (χ2n) is 4.59. The second kappa shape index (κ2) is 7.50. The molecule has 0 aliphatic heterocycles. The number of ether oxygens (including phenoxy) is 1. The summed E-state index contributed by atoms with van der Waals surface area (Å²) in [4.78, 5) is 11.7. The third kappa shape index (κ3) is 4.36. The summed E-state index contributed by atoms with van der Waals surface area (Å²) < 4.78 is 10.6. The Balaban J connectivity index is 1.77. The van der Waals surface area contributed by atoms with Crippen LogP contribution in [0.4, 0.5) is 0 Å². The van der Waals surface area contributed by atoms with Crippen molar-refractivity contribution in [1.29, 1.82) is 0 Å². The first-order chi connectivity index (χ1) is 10.2. The molecule has 0 saturated carbocycles. The molecule has 1 aromatic carbocycles. The normalized spacial score (nSPS) is 11.9. The topological polar surface area (TPSA) is 71.7 Å². The van der Waals surface area contributed by atoms with Crippen LogP contribution in [0.2, 0.25) is 0 Å². The highest BCUT2D eigenvalue weighted by Crippen LogP contribution is 2.18. The van der Waals surface area contributed by atoms with E-state index in [4.69, 9.17) is 9.15 Å². The van der Waals surface area contributed by atoms with Crippen molar-refractivity contribution in [3.8, 4) is 5.75 Å². The smallest absolute Gasteiger partial charge is 0.258 e. The van der Waals surface area contributed by atoms with Crippen molar-refractivity contribution in [3.63, 3.8) is 0 Å². The van der Waals surface area contributed by atoms with E-state index in [2.05, 4.69) is 5.32 Å². The molecule has 2 N–H and O–H groups in total. The summed E-state index contributed by atoms with van der Waals surface area (Å²) in [7, 11) is 0. The maximum atomic E-state index is 11.7. The first kappa shape index (κ1) is 15.1. The number of hydrogen-bond acceptors (Lipinski definition) is 4. The highest BCUT2D eigenvalue weighted by molar-refractivity contribution is 5.77. The standard InChI is InChI=1S/C16H19NO4/c1-2-12-6-3-4-7-14(12)21-11-16(19)17-10-13(18)15-8-5-9-20-15/h3-9,13,18H,2,10-11H2,1H3,(H,17,19). The van der Waals surface area contributed by atoms with Gasteiger partial charge in [0.15, 0.2) is 6.61 Å². The SMILES string of the molecule is CCc1ccccc1OCC(=O)NCC(O)c1ccco1. The number of nitrogens with one attached hydrogen (secondary N) is 1. The lowest BCUT2D eigenvalue weighted by molar-refractivity contribution is -0.123. The fourth-order valence-corrected chi connectivity index (χ4v) is 1.92. The van der Waals surface area contributed by atoms with E-state index in [1.54, 1.807) is 12.1 Å². The average molecular weight is 289 g/mol. The monoisotopic (exact) mass is 289 g/mol. The lowest BCUT2D eigenvalue weighted by Crippen LogP contribution is -2.32. The maximum Gasteiger partial charge on any atom is 0.258 e. The lowest BCUT2D eigenvalue weighted by Gasteiger charge is -2.12. The fourth-order valence-electron chi connectivity index (χ4n) is 1.92. The van der Waals surface area contributed by atoms with Crippen molar-refractivity contribution in [2.75, 3.05) is 13.2 Å². The van der Waals surface area contributed by atoms with Gasteiger partial charge in [-0.2, -0.15) is 0 Å². The van der Waals surface area contributed by atoms with Crippen LogP contribution >= 0.6 is 0 Å². The Morgan fingerprint density at radius 2 is 2.14 bits per heavy atom. The van der Waals surface area contributed by atoms with Crippen LogP contribution < -0.4 is 10.1 Å². The number of furan rings is 1. The van der Waals surface area contributed by atoms with E-state index in [-0.39, 0.29) is 19.1 Å². The van der Waals surface area contributed by atoms with Gasteiger partial charge in [-0.3, -0.25) is 4.79 Å². The number of amides is 1. The van der Waals surface area contributed by atoms with E-state index in [1.165, 1.54) is 6.26 Å². The molecule has 0 fully saturated rings. The summed E-state index contributed by atoms with van der Waals surface area (Å²) in [5.41, 5.74) is 1.06. The molecule has 21 heavy (non-hydrogen) atoms. The zero-order valence-electron chi connectivity index (χ0n) is 11.9. The van der Waals surface area contributed by atoms with E-state index < -0.39 is 6.10 Å². The summed E-state index contributed by atoms with van der Waals surface area (Å²) in [5, 5.41) is 12.4. The fraction of sp³-hybridized carbons (Fsp3) is 0.312. The molecule has 1 amide bonds. The van der Waals surface area contributed by atoms with Crippen LogP contribution in [0.5, 0.6) is 5.75 Å². The molecule has 2 rings (SSSR count).